The molecular weight excluding hydrogens is 288 g/mol. The molecule has 23 heavy (non-hydrogen) atoms. The number of likely N-dealkylation sites (tertiary alicyclic amines) is 1. The number of hydrogen-bond donors (Lipinski definition) is 1. The zero-order valence-electron chi connectivity index (χ0n) is 13.8. The maximum absolute atomic E-state index is 11.7. The Labute approximate surface area is 137 Å². The number of rotatable bonds is 6. The smallest absolute Gasteiger partial charge is 0.222 e. The van der Waals surface area contributed by atoms with Gasteiger partial charge in [-0.05, 0) is 38.0 Å². The molecule has 0 aliphatic carbocycles. The van der Waals surface area contributed by atoms with E-state index in [0.717, 1.165) is 31.7 Å². The molecule has 1 N–H and O–H groups in total. The van der Waals surface area contributed by atoms with Crippen molar-refractivity contribution >= 4 is 11.6 Å². The highest BCUT2D eigenvalue weighted by Crippen LogP contribution is 2.22. The lowest BCUT2D eigenvalue weighted by molar-refractivity contribution is -0.128. The van der Waals surface area contributed by atoms with E-state index in [-0.39, 0.29) is 5.91 Å². The summed E-state index contributed by atoms with van der Waals surface area (Å²) < 4.78 is 0. The first-order valence-electron chi connectivity index (χ1n) is 8.24. The quantitative estimate of drug-likeness (QED) is 0.892. The number of imidazole rings is 1. The standard InChI is InChI=1S/C18H24N4O/c1-14(2)22(12-16-10-19-13-20-16)17-7-5-15(6-8-17)11-21-9-3-4-18(21)23/h5-8,10,13-14H,3-4,9,11-12H2,1-2H3,(H,19,20). The number of carbonyl (C=O) groups is 1. The van der Waals surface area contributed by atoms with E-state index in [1.165, 1.54) is 11.3 Å². The summed E-state index contributed by atoms with van der Waals surface area (Å²) in [4.78, 5) is 23.3. The molecule has 2 aromatic rings. The molecule has 0 spiro atoms. The first-order valence-corrected chi connectivity index (χ1v) is 8.24. The molecule has 5 heteroatoms. The molecule has 1 aromatic carbocycles. The number of aromatic nitrogens is 2. The predicted octanol–water partition coefficient (Wildman–Crippen LogP) is 2.95. The second kappa shape index (κ2) is 6.86. The van der Waals surface area contributed by atoms with Gasteiger partial charge < -0.3 is 14.8 Å². The minimum Gasteiger partial charge on any atom is -0.363 e. The fraction of sp³-hybridized carbons (Fsp3) is 0.444. The third kappa shape index (κ3) is 3.73. The average Bonchev–Trinajstić information content (AvgIpc) is 3.18. The third-order valence-corrected chi connectivity index (χ3v) is 4.32. The molecule has 122 valence electrons. The molecule has 0 atom stereocenters. The van der Waals surface area contributed by atoms with E-state index in [0.29, 0.717) is 12.5 Å². The van der Waals surface area contributed by atoms with Gasteiger partial charge in [-0.2, -0.15) is 0 Å². The number of carbonyl (C=O) groups excluding carboxylic acids is 1. The fourth-order valence-corrected chi connectivity index (χ4v) is 3.01. The Morgan fingerprint density at radius 1 is 1.30 bits per heavy atom. The Hall–Kier alpha value is -2.30. The zero-order chi connectivity index (χ0) is 16.2. The van der Waals surface area contributed by atoms with Crippen LogP contribution >= 0.6 is 0 Å². The number of nitrogens with zero attached hydrogens (tertiary/aromatic N) is 3. The Morgan fingerprint density at radius 2 is 2.09 bits per heavy atom. The lowest BCUT2D eigenvalue weighted by atomic mass is 10.1. The Kier molecular flexibility index (Phi) is 4.65. The van der Waals surface area contributed by atoms with Crippen molar-refractivity contribution in [2.45, 2.75) is 45.8 Å². The largest absolute Gasteiger partial charge is 0.363 e. The molecule has 1 amide bonds. The van der Waals surface area contributed by atoms with Crippen LogP contribution in [0.15, 0.2) is 36.8 Å². The SMILES string of the molecule is CC(C)N(Cc1c[nH]cn1)c1ccc(CN2CCCC2=O)cc1. The van der Waals surface area contributed by atoms with Crippen molar-refractivity contribution in [3.05, 3.63) is 48.0 Å². The van der Waals surface area contributed by atoms with Crippen LogP contribution in [0.2, 0.25) is 0 Å². The number of H-pyrrole nitrogens is 1. The van der Waals surface area contributed by atoms with Crippen LogP contribution in [0.25, 0.3) is 0 Å². The highest BCUT2D eigenvalue weighted by atomic mass is 16.2. The van der Waals surface area contributed by atoms with Gasteiger partial charge in [-0.3, -0.25) is 4.79 Å². The lowest BCUT2D eigenvalue weighted by Gasteiger charge is -2.28. The van der Waals surface area contributed by atoms with Gasteiger partial charge in [0, 0.05) is 37.4 Å². The van der Waals surface area contributed by atoms with Gasteiger partial charge in [-0.25, -0.2) is 4.98 Å². The van der Waals surface area contributed by atoms with E-state index in [9.17, 15) is 4.79 Å². The molecule has 0 saturated carbocycles. The van der Waals surface area contributed by atoms with Crippen LogP contribution in [-0.2, 0) is 17.9 Å². The third-order valence-electron chi connectivity index (χ3n) is 4.32. The summed E-state index contributed by atoms with van der Waals surface area (Å²) in [6.45, 7) is 6.76. The normalized spacial score (nSPS) is 14.7. The summed E-state index contributed by atoms with van der Waals surface area (Å²) in [6, 6.07) is 8.92. The van der Waals surface area contributed by atoms with E-state index in [2.05, 4.69) is 53.0 Å². The molecule has 1 fully saturated rings. The average molecular weight is 312 g/mol. The first kappa shape index (κ1) is 15.6. The molecule has 1 aromatic heterocycles. The van der Waals surface area contributed by atoms with Crippen molar-refractivity contribution in [1.29, 1.82) is 0 Å². The van der Waals surface area contributed by atoms with Crippen LogP contribution in [-0.4, -0.2) is 33.4 Å². The minimum absolute atomic E-state index is 0.274. The highest BCUT2D eigenvalue weighted by molar-refractivity contribution is 5.78. The van der Waals surface area contributed by atoms with Crippen molar-refractivity contribution in [3.63, 3.8) is 0 Å². The Bertz CT molecular complexity index is 634. The number of anilines is 1. The molecule has 5 nitrogen and oxygen atoms in total. The molecular formula is C18H24N4O. The van der Waals surface area contributed by atoms with E-state index < -0.39 is 0 Å². The monoisotopic (exact) mass is 312 g/mol. The van der Waals surface area contributed by atoms with Crippen LogP contribution in [0.4, 0.5) is 5.69 Å². The summed E-state index contributed by atoms with van der Waals surface area (Å²) in [6.07, 6.45) is 5.33. The van der Waals surface area contributed by atoms with Gasteiger partial charge >= 0.3 is 0 Å². The van der Waals surface area contributed by atoms with Crippen molar-refractivity contribution in [3.8, 4) is 0 Å². The minimum atomic E-state index is 0.274. The molecule has 1 aliphatic rings. The van der Waals surface area contributed by atoms with Crippen LogP contribution in [0, 0.1) is 0 Å². The van der Waals surface area contributed by atoms with Gasteiger partial charge in [0.05, 0.1) is 18.6 Å². The number of benzene rings is 1. The van der Waals surface area contributed by atoms with Crippen molar-refractivity contribution in [1.82, 2.24) is 14.9 Å². The first-order chi connectivity index (χ1) is 11.1. The van der Waals surface area contributed by atoms with Crippen LogP contribution in [0.1, 0.15) is 37.9 Å². The fourth-order valence-electron chi connectivity index (χ4n) is 3.01. The highest BCUT2D eigenvalue weighted by Gasteiger charge is 2.20. The van der Waals surface area contributed by atoms with E-state index >= 15 is 0 Å². The lowest BCUT2D eigenvalue weighted by Crippen LogP contribution is -2.30. The number of nitrogens with one attached hydrogen (secondary N) is 1. The molecule has 3 rings (SSSR count). The molecule has 0 radical (unpaired) electrons. The molecule has 0 unspecified atom stereocenters. The van der Waals surface area contributed by atoms with Crippen molar-refractivity contribution in [2.75, 3.05) is 11.4 Å². The summed E-state index contributed by atoms with van der Waals surface area (Å²) >= 11 is 0. The second-order valence-corrected chi connectivity index (χ2v) is 6.37. The molecule has 0 bridgehead atoms. The van der Waals surface area contributed by atoms with Gasteiger partial charge in [-0.15, -0.1) is 0 Å². The van der Waals surface area contributed by atoms with Crippen LogP contribution in [0.5, 0.6) is 0 Å². The van der Waals surface area contributed by atoms with Gasteiger partial charge in [0.2, 0.25) is 5.91 Å². The van der Waals surface area contributed by atoms with E-state index in [4.69, 9.17) is 0 Å². The van der Waals surface area contributed by atoms with Crippen LogP contribution in [0.3, 0.4) is 0 Å². The maximum atomic E-state index is 11.7. The Morgan fingerprint density at radius 3 is 2.65 bits per heavy atom. The summed E-state index contributed by atoms with van der Waals surface area (Å²) in [7, 11) is 0. The summed E-state index contributed by atoms with van der Waals surface area (Å²) in [5, 5.41) is 0. The number of amides is 1. The maximum Gasteiger partial charge on any atom is 0.222 e. The van der Waals surface area contributed by atoms with Crippen molar-refractivity contribution < 1.29 is 4.79 Å². The number of aromatic amines is 1. The van der Waals surface area contributed by atoms with E-state index in [1.54, 1.807) is 6.33 Å². The van der Waals surface area contributed by atoms with Gasteiger partial charge in [-0.1, -0.05) is 12.1 Å². The van der Waals surface area contributed by atoms with Gasteiger partial charge in [0.1, 0.15) is 0 Å². The van der Waals surface area contributed by atoms with Gasteiger partial charge in [0.15, 0.2) is 0 Å². The molecule has 1 saturated heterocycles. The Balaban J connectivity index is 1.70. The van der Waals surface area contributed by atoms with Gasteiger partial charge in [0.25, 0.3) is 0 Å². The predicted molar refractivity (Wildman–Crippen MR) is 91.0 cm³/mol. The summed E-state index contributed by atoms with van der Waals surface area (Å²) in [5.74, 6) is 0.274. The van der Waals surface area contributed by atoms with Crippen LogP contribution < -0.4 is 4.90 Å². The molecule has 2 heterocycles. The topological polar surface area (TPSA) is 52.2 Å². The number of hydrogen-bond acceptors (Lipinski definition) is 3. The summed E-state index contributed by atoms with van der Waals surface area (Å²) in [5.41, 5.74) is 3.40. The zero-order valence-corrected chi connectivity index (χ0v) is 13.8. The van der Waals surface area contributed by atoms with Crippen molar-refractivity contribution in [2.24, 2.45) is 0 Å². The van der Waals surface area contributed by atoms with E-state index in [1.807, 2.05) is 11.1 Å². The molecule has 1 aliphatic heterocycles. The second-order valence-electron chi connectivity index (χ2n) is 6.37.